The highest BCUT2D eigenvalue weighted by atomic mass is 32.2. The number of rotatable bonds is 14. The Hall–Kier alpha value is -3.11. The lowest BCUT2D eigenvalue weighted by atomic mass is 9.91. The molecule has 5 atom stereocenters. The average Bonchev–Trinajstić information content (AvgIpc) is 3.79. The number of carbonyl (C=O) groups excluding carboxylic acids is 2. The molecule has 0 bridgehead atoms. The van der Waals surface area contributed by atoms with E-state index in [0.717, 1.165) is 22.3 Å². The largest absolute Gasteiger partial charge is 0.493 e. The van der Waals surface area contributed by atoms with E-state index in [1.54, 1.807) is 6.26 Å². The third kappa shape index (κ3) is 8.53. The van der Waals surface area contributed by atoms with E-state index in [1.807, 2.05) is 61.3 Å². The van der Waals surface area contributed by atoms with Gasteiger partial charge in [-0.25, -0.2) is 0 Å². The molecule has 0 radical (unpaired) electrons. The fraction of sp³-hybridized carbons (Fsp3) is 0.515. The minimum atomic E-state index is -1.30. The minimum Gasteiger partial charge on any atom is -0.493 e. The SMILES string of the molecule is C#CCN(C)CCNC(=O)C1(NC(=O)CCOc2ccc(Cc3cc([C@@H]4O[C@H](SC)[C@@H](O)[C@H](O)[C@H]4O)ccc3C)cc2)CC1. The minimum absolute atomic E-state index is 0.131. The normalized spacial score (nSPS) is 23.9. The Labute approximate surface area is 263 Å². The summed E-state index contributed by atoms with van der Waals surface area (Å²) < 4.78 is 11.7. The number of nitrogens with zero attached hydrogens (tertiary/aromatic N) is 1. The summed E-state index contributed by atoms with van der Waals surface area (Å²) >= 11 is 1.29. The molecule has 11 heteroatoms. The maximum Gasteiger partial charge on any atom is 0.245 e. The van der Waals surface area contributed by atoms with Crippen molar-refractivity contribution in [1.29, 1.82) is 0 Å². The molecule has 1 saturated carbocycles. The van der Waals surface area contributed by atoms with Gasteiger partial charge >= 0.3 is 0 Å². The molecule has 5 N–H and O–H groups in total. The molecule has 1 aliphatic heterocycles. The molecular weight excluding hydrogens is 582 g/mol. The number of hydrogen-bond acceptors (Lipinski definition) is 9. The number of likely N-dealkylation sites (N-methyl/N-ethyl adjacent to an activating group) is 1. The lowest BCUT2D eigenvalue weighted by Crippen LogP contribution is -2.52. The molecule has 4 rings (SSSR count). The molecule has 2 aromatic rings. The van der Waals surface area contributed by atoms with Crippen LogP contribution in [0.2, 0.25) is 0 Å². The molecule has 44 heavy (non-hydrogen) atoms. The molecule has 1 aliphatic carbocycles. The Morgan fingerprint density at radius 3 is 2.52 bits per heavy atom. The second-order valence-corrected chi connectivity index (χ2v) is 12.5. The zero-order valence-corrected chi connectivity index (χ0v) is 26.3. The quantitative estimate of drug-likeness (QED) is 0.198. The van der Waals surface area contributed by atoms with Crippen LogP contribution in [0.3, 0.4) is 0 Å². The zero-order valence-electron chi connectivity index (χ0n) is 25.5. The Balaban J connectivity index is 1.25. The van der Waals surface area contributed by atoms with Crippen LogP contribution in [0.1, 0.15) is 47.6 Å². The summed E-state index contributed by atoms with van der Waals surface area (Å²) in [4.78, 5) is 27.1. The highest BCUT2D eigenvalue weighted by Crippen LogP contribution is 2.37. The van der Waals surface area contributed by atoms with Gasteiger partial charge in [0.05, 0.1) is 19.6 Å². The summed E-state index contributed by atoms with van der Waals surface area (Å²) in [6, 6.07) is 13.4. The third-order valence-electron chi connectivity index (χ3n) is 8.12. The fourth-order valence-corrected chi connectivity index (χ4v) is 5.86. The predicted octanol–water partition coefficient (Wildman–Crippen LogP) is 1.53. The number of aliphatic hydroxyl groups is 3. The third-order valence-corrected chi connectivity index (χ3v) is 8.98. The van der Waals surface area contributed by atoms with Gasteiger partial charge in [-0.1, -0.05) is 36.3 Å². The summed E-state index contributed by atoms with van der Waals surface area (Å²) in [5.41, 5.74) is 2.44. The van der Waals surface area contributed by atoms with Crippen LogP contribution in [0, 0.1) is 19.3 Å². The van der Waals surface area contributed by atoms with Gasteiger partial charge in [0.2, 0.25) is 11.8 Å². The molecule has 2 aromatic carbocycles. The lowest BCUT2D eigenvalue weighted by Gasteiger charge is -2.40. The second kappa shape index (κ2) is 15.3. The van der Waals surface area contributed by atoms with Crippen molar-refractivity contribution >= 4 is 23.6 Å². The van der Waals surface area contributed by atoms with Crippen molar-refractivity contribution in [3.8, 4) is 18.1 Å². The molecular formula is C33H43N3O7S. The average molecular weight is 626 g/mol. The van der Waals surface area contributed by atoms with E-state index in [-0.39, 0.29) is 24.8 Å². The van der Waals surface area contributed by atoms with Gasteiger partial charge in [-0.05, 0) is 73.9 Å². The van der Waals surface area contributed by atoms with Crippen LogP contribution in [0.4, 0.5) is 0 Å². The van der Waals surface area contributed by atoms with Gasteiger partial charge in [-0.2, -0.15) is 0 Å². The van der Waals surface area contributed by atoms with Crippen LogP contribution in [-0.2, 0) is 20.7 Å². The van der Waals surface area contributed by atoms with Crippen molar-refractivity contribution < 1.29 is 34.4 Å². The van der Waals surface area contributed by atoms with E-state index in [9.17, 15) is 24.9 Å². The molecule has 1 heterocycles. The molecule has 10 nitrogen and oxygen atoms in total. The van der Waals surface area contributed by atoms with Crippen LogP contribution in [0.25, 0.3) is 0 Å². The first-order valence-corrected chi connectivity index (χ1v) is 16.1. The highest BCUT2D eigenvalue weighted by molar-refractivity contribution is 7.99. The van der Waals surface area contributed by atoms with Crippen LogP contribution in [0.5, 0.6) is 5.75 Å². The van der Waals surface area contributed by atoms with Crippen molar-refractivity contribution in [2.45, 2.75) is 68.0 Å². The molecule has 238 valence electrons. The summed E-state index contributed by atoms with van der Waals surface area (Å²) in [5, 5.41) is 36.9. The van der Waals surface area contributed by atoms with E-state index >= 15 is 0 Å². The van der Waals surface area contributed by atoms with Crippen molar-refractivity contribution in [3.05, 3.63) is 64.7 Å². The molecule has 2 amide bonds. The lowest BCUT2D eigenvalue weighted by molar-refractivity contribution is -0.200. The van der Waals surface area contributed by atoms with Gasteiger partial charge in [-0.15, -0.1) is 18.2 Å². The first kappa shape index (κ1) is 33.8. The van der Waals surface area contributed by atoms with Crippen LogP contribution < -0.4 is 15.4 Å². The van der Waals surface area contributed by atoms with Gasteiger partial charge in [0, 0.05) is 13.1 Å². The van der Waals surface area contributed by atoms with Crippen molar-refractivity contribution in [3.63, 3.8) is 0 Å². The van der Waals surface area contributed by atoms with Gasteiger partial charge in [-0.3, -0.25) is 14.5 Å². The van der Waals surface area contributed by atoms with Crippen molar-refractivity contribution in [1.82, 2.24) is 15.5 Å². The smallest absolute Gasteiger partial charge is 0.245 e. The molecule has 0 aromatic heterocycles. The van der Waals surface area contributed by atoms with E-state index in [4.69, 9.17) is 15.9 Å². The molecule has 1 saturated heterocycles. The Morgan fingerprint density at radius 1 is 1.14 bits per heavy atom. The maximum absolute atomic E-state index is 12.6. The molecule has 2 fully saturated rings. The molecule has 0 unspecified atom stereocenters. The number of benzene rings is 2. The van der Waals surface area contributed by atoms with Crippen LogP contribution >= 0.6 is 11.8 Å². The molecule has 2 aliphatic rings. The van der Waals surface area contributed by atoms with E-state index in [0.29, 0.717) is 44.6 Å². The number of carbonyl (C=O) groups is 2. The summed E-state index contributed by atoms with van der Waals surface area (Å²) in [7, 11) is 1.88. The Morgan fingerprint density at radius 2 is 1.86 bits per heavy atom. The number of terminal acetylenes is 1. The van der Waals surface area contributed by atoms with Gasteiger partial charge in [0.25, 0.3) is 0 Å². The van der Waals surface area contributed by atoms with Gasteiger partial charge in [0.15, 0.2) is 0 Å². The topological polar surface area (TPSA) is 141 Å². The predicted molar refractivity (Wildman–Crippen MR) is 169 cm³/mol. The number of aliphatic hydroxyl groups excluding tert-OH is 3. The van der Waals surface area contributed by atoms with E-state index in [2.05, 4.69) is 16.6 Å². The van der Waals surface area contributed by atoms with Crippen LogP contribution in [0.15, 0.2) is 42.5 Å². The number of thioether (sulfide) groups is 1. The van der Waals surface area contributed by atoms with Crippen molar-refractivity contribution in [2.24, 2.45) is 0 Å². The number of amides is 2. The van der Waals surface area contributed by atoms with E-state index in [1.165, 1.54) is 11.8 Å². The standard InChI is InChI=1S/C33H43N3O7S/c1-5-16-36(3)17-15-34-32(41)33(13-14-33)35-26(37)12-18-42-25-10-7-22(8-11-25)19-24-20-23(9-6-21(24)2)30-28(39)27(38)29(40)31(43-30)44-4/h1,6-11,20,27-31,38-40H,12-19H2,2-4H3,(H,34,41)(H,35,37)/t27-,28-,29+,30+,31-/m1/s1. The maximum atomic E-state index is 12.6. The summed E-state index contributed by atoms with van der Waals surface area (Å²) in [6.45, 7) is 3.80. The fourth-order valence-electron chi connectivity index (χ4n) is 5.19. The first-order valence-electron chi connectivity index (χ1n) is 14.8. The summed E-state index contributed by atoms with van der Waals surface area (Å²) in [5.74, 6) is 2.80. The Bertz CT molecular complexity index is 1330. The zero-order chi connectivity index (χ0) is 31.9. The van der Waals surface area contributed by atoms with Crippen LogP contribution in [-0.4, -0.2) is 101 Å². The number of hydrogen-bond donors (Lipinski definition) is 5. The van der Waals surface area contributed by atoms with Gasteiger partial charge in [0.1, 0.15) is 41.1 Å². The van der Waals surface area contributed by atoms with Crippen molar-refractivity contribution in [2.75, 3.05) is 39.5 Å². The monoisotopic (exact) mass is 625 g/mol. The molecule has 0 spiro atoms. The number of ether oxygens (including phenoxy) is 2. The van der Waals surface area contributed by atoms with Gasteiger partial charge < -0.3 is 35.4 Å². The van der Waals surface area contributed by atoms with E-state index < -0.39 is 35.4 Å². The second-order valence-electron chi connectivity index (χ2n) is 11.6. The Kier molecular flexibility index (Phi) is 11.7. The number of aryl methyl sites for hydroxylation is 1. The summed E-state index contributed by atoms with van der Waals surface area (Å²) in [6.07, 6.45) is 4.61. The number of nitrogens with one attached hydrogen (secondary N) is 2. The highest BCUT2D eigenvalue weighted by Gasteiger charge is 2.51. The first-order chi connectivity index (χ1) is 21.1.